The summed E-state index contributed by atoms with van der Waals surface area (Å²) in [6.07, 6.45) is 2.64. The molecule has 4 heteroatoms. The van der Waals surface area contributed by atoms with Crippen LogP contribution in [0.3, 0.4) is 0 Å². The lowest BCUT2D eigenvalue weighted by atomic mass is 9.64. The first-order valence-corrected chi connectivity index (χ1v) is 7.94. The summed E-state index contributed by atoms with van der Waals surface area (Å²) < 4.78 is 5.54. The molecule has 1 aliphatic rings. The summed E-state index contributed by atoms with van der Waals surface area (Å²) in [6, 6.07) is 16.6. The number of nitriles is 1. The zero-order valence-corrected chi connectivity index (χ0v) is 13.3. The maximum Gasteiger partial charge on any atom is 0.316 e. The van der Waals surface area contributed by atoms with Gasteiger partial charge in [0.15, 0.2) is 0 Å². The van der Waals surface area contributed by atoms with Crippen LogP contribution in [0.15, 0.2) is 48.5 Å². The largest absolute Gasteiger partial charge is 0.460 e. The van der Waals surface area contributed by atoms with Crippen LogP contribution >= 0.6 is 11.6 Å². The number of esters is 1. The third-order valence-corrected chi connectivity index (χ3v) is 4.70. The molecule has 0 saturated heterocycles. The Labute approximate surface area is 140 Å². The highest BCUT2D eigenvalue weighted by Crippen LogP contribution is 2.45. The Morgan fingerprint density at radius 3 is 2.30 bits per heavy atom. The molecule has 0 spiro atoms. The molecule has 3 rings (SSSR count). The molecule has 0 aromatic heterocycles. The van der Waals surface area contributed by atoms with Gasteiger partial charge in [-0.3, -0.25) is 4.79 Å². The zero-order chi connectivity index (χ0) is 16.3. The maximum absolute atomic E-state index is 12.6. The van der Waals surface area contributed by atoms with E-state index < -0.39 is 5.41 Å². The van der Waals surface area contributed by atoms with Crippen LogP contribution in [-0.2, 0) is 21.6 Å². The minimum absolute atomic E-state index is 0.185. The number of carbonyl (C=O) groups is 1. The molecule has 0 atom stereocenters. The molecule has 0 amide bonds. The van der Waals surface area contributed by atoms with Crippen molar-refractivity contribution in [2.45, 2.75) is 31.3 Å². The smallest absolute Gasteiger partial charge is 0.316 e. The van der Waals surface area contributed by atoms with Crippen LogP contribution in [0, 0.1) is 11.3 Å². The van der Waals surface area contributed by atoms with Crippen LogP contribution in [0.2, 0.25) is 5.02 Å². The monoisotopic (exact) mass is 325 g/mol. The lowest BCUT2D eigenvalue weighted by molar-refractivity contribution is -0.155. The summed E-state index contributed by atoms with van der Waals surface area (Å²) in [5.74, 6) is -0.185. The van der Waals surface area contributed by atoms with Crippen molar-refractivity contribution in [1.82, 2.24) is 0 Å². The van der Waals surface area contributed by atoms with E-state index in [-0.39, 0.29) is 12.6 Å². The van der Waals surface area contributed by atoms with E-state index in [0.29, 0.717) is 10.6 Å². The predicted molar refractivity (Wildman–Crippen MR) is 87.9 cm³/mol. The lowest BCUT2D eigenvalue weighted by Crippen LogP contribution is -2.43. The zero-order valence-electron chi connectivity index (χ0n) is 12.6. The van der Waals surface area contributed by atoms with Gasteiger partial charge in [0.05, 0.1) is 17.0 Å². The average Bonchev–Trinajstić information content (AvgIpc) is 2.54. The van der Waals surface area contributed by atoms with E-state index in [4.69, 9.17) is 21.6 Å². The number of ether oxygens (including phenoxy) is 1. The van der Waals surface area contributed by atoms with Crippen LogP contribution in [-0.4, -0.2) is 5.97 Å². The van der Waals surface area contributed by atoms with Crippen molar-refractivity contribution in [3.8, 4) is 6.07 Å². The molecule has 0 N–H and O–H groups in total. The molecule has 0 bridgehead atoms. The fraction of sp³-hybridized carbons (Fsp3) is 0.263. The van der Waals surface area contributed by atoms with E-state index in [0.717, 1.165) is 30.4 Å². The second-order valence-corrected chi connectivity index (χ2v) is 6.26. The van der Waals surface area contributed by atoms with Crippen molar-refractivity contribution in [2.24, 2.45) is 0 Å². The fourth-order valence-electron chi connectivity index (χ4n) is 2.87. The quantitative estimate of drug-likeness (QED) is 0.784. The van der Waals surface area contributed by atoms with Crippen molar-refractivity contribution in [1.29, 1.82) is 5.26 Å². The standard InChI is InChI=1S/C19H16ClNO2/c20-17-8-6-16(7-9-17)19(10-1-11-19)18(22)23-13-15-4-2-14(12-21)3-5-15/h2-9H,1,10-11,13H2. The molecule has 0 aliphatic heterocycles. The van der Waals surface area contributed by atoms with Crippen LogP contribution in [0.4, 0.5) is 0 Å². The molecule has 1 saturated carbocycles. The molecule has 2 aromatic carbocycles. The normalized spacial score (nSPS) is 15.3. The maximum atomic E-state index is 12.6. The number of benzene rings is 2. The predicted octanol–water partition coefficient (Wildman–Crippen LogP) is 4.38. The first-order chi connectivity index (χ1) is 11.1. The van der Waals surface area contributed by atoms with Gasteiger partial charge in [0.2, 0.25) is 0 Å². The van der Waals surface area contributed by atoms with Crippen molar-refractivity contribution < 1.29 is 9.53 Å². The van der Waals surface area contributed by atoms with Crippen LogP contribution in [0.25, 0.3) is 0 Å². The van der Waals surface area contributed by atoms with Crippen LogP contribution in [0.1, 0.15) is 36.0 Å². The van der Waals surface area contributed by atoms with Crippen molar-refractivity contribution in [3.63, 3.8) is 0 Å². The summed E-state index contributed by atoms with van der Waals surface area (Å²) in [4.78, 5) is 12.6. The molecular weight excluding hydrogens is 310 g/mol. The molecule has 1 fully saturated rings. The van der Waals surface area contributed by atoms with Gasteiger partial charge in [-0.2, -0.15) is 5.26 Å². The number of rotatable bonds is 4. The van der Waals surface area contributed by atoms with E-state index in [1.807, 2.05) is 36.4 Å². The summed E-state index contributed by atoms with van der Waals surface area (Å²) in [5, 5.41) is 9.45. The Balaban J connectivity index is 1.70. The second-order valence-electron chi connectivity index (χ2n) is 5.83. The average molecular weight is 326 g/mol. The Morgan fingerprint density at radius 2 is 1.78 bits per heavy atom. The molecule has 0 unspecified atom stereocenters. The van der Waals surface area contributed by atoms with E-state index in [1.54, 1.807) is 12.1 Å². The van der Waals surface area contributed by atoms with E-state index in [2.05, 4.69) is 6.07 Å². The molecule has 0 radical (unpaired) electrons. The summed E-state index contributed by atoms with van der Waals surface area (Å²) in [6.45, 7) is 0.222. The van der Waals surface area contributed by atoms with Crippen molar-refractivity contribution in [3.05, 3.63) is 70.2 Å². The van der Waals surface area contributed by atoms with Crippen LogP contribution in [0.5, 0.6) is 0 Å². The Kier molecular flexibility index (Phi) is 4.36. The van der Waals surface area contributed by atoms with Gasteiger partial charge in [0.1, 0.15) is 6.61 Å². The molecule has 2 aromatic rings. The van der Waals surface area contributed by atoms with Gasteiger partial charge in [-0.1, -0.05) is 42.3 Å². The Morgan fingerprint density at radius 1 is 1.13 bits per heavy atom. The highest BCUT2D eigenvalue weighted by Gasteiger charge is 2.47. The second kappa shape index (κ2) is 6.44. The van der Waals surface area contributed by atoms with Gasteiger partial charge in [0, 0.05) is 5.02 Å². The Bertz CT molecular complexity index is 740. The van der Waals surface area contributed by atoms with Gasteiger partial charge in [-0.25, -0.2) is 0 Å². The van der Waals surface area contributed by atoms with Gasteiger partial charge in [0.25, 0.3) is 0 Å². The Hall–Kier alpha value is -2.31. The number of hydrogen-bond acceptors (Lipinski definition) is 3. The van der Waals surface area contributed by atoms with Gasteiger partial charge >= 0.3 is 5.97 Å². The summed E-state index contributed by atoms with van der Waals surface area (Å²) in [5.41, 5.74) is 1.91. The summed E-state index contributed by atoms with van der Waals surface area (Å²) >= 11 is 5.93. The minimum Gasteiger partial charge on any atom is -0.460 e. The van der Waals surface area contributed by atoms with Crippen LogP contribution < -0.4 is 0 Å². The first kappa shape index (κ1) is 15.6. The minimum atomic E-state index is -0.531. The topological polar surface area (TPSA) is 50.1 Å². The van der Waals surface area contributed by atoms with Gasteiger partial charge < -0.3 is 4.74 Å². The SMILES string of the molecule is N#Cc1ccc(COC(=O)C2(c3ccc(Cl)cc3)CCC2)cc1. The highest BCUT2D eigenvalue weighted by molar-refractivity contribution is 6.30. The van der Waals surface area contributed by atoms with Crippen molar-refractivity contribution in [2.75, 3.05) is 0 Å². The molecule has 1 aliphatic carbocycles. The van der Waals surface area contributed by atoms with E-state index in [9.17, 15) is 4.79 Å². The van der Waals surface area contributed by atoms with E-state index >= 15 is 0 Å². The first-order valence-electron chi connectivity index (χ1n) is 7.56. The number of nitrogens with zero attached hydrogens (tertiary/aromatic N) is 1. The van der Waals surface area contributed by atoms with Crippen molar-refractivity contribution >= 4 is 17.6 Å². The molecule has 23 heavy (non-hydrogen) atoms. The molecular formula is C19H16ClNO2. The highest BCUT2D eigenvalue weighted by atomic mass is 35.5. The van der Waals surface area contributed by atoms with Gasteiger partial charge in [-0.15, -0.1) is 0 Å². The molecule has 116 valence electrons. The number of hydrogen-bond donors (Lipinski definition) is 0. The lowest BCUT2D eigenvalue weighted by Gasteiger charge is -2.39. The molecule has 3 nitrogen and oxygen atoms in total. The molecule has 0 heterocycles. The third-order valence-electron chi connectivity index (χ3n) is 4.45. The van der Waals surface area contributed by atoms with Gasteiger partial charge in [-0.05, 0) is 48.2 Å². The fourth-order valence-corrected chi connectivity index (χ4v) is 3.00. The van der Waals surface area contributed by atoms with E-state index in [1.165, 1.54) is 0 Å². The summed E-state index contributed by atoms with van der Waals surface area (Å²) in [7, 11) is 0. The number of halogens is 1. The number of carbonyl (C=O) groups excluding carboxylic acids is 1. The third kappa shape index (κ3) is 3.09.